The van der Waals surface area contributed by atoms with Gasteiger partial charge in [-0.25, -0.2) is 0 Å². The third-order valence-electron chi connectivity index (χ3n) is 2.67. The van der Waals surface area contributed by atoms with Gasteiger partial charge in [0.2, 0.25) is 0 Å². The number of rotatable bonds is 4. The molecule has 0 radical (unpaired) electrons. The van der Waals surface area contributed by atoms with Crippen molar-refractivity contribution in [3.63, 3.8) is 0 Å². The molecule has 0 spiro atoms. The van der Waals surface area contributed by atoms with Crippen LogP contribution in [0.2, 0.25) is 0 Å². The molecule has 0 atom stereocenters. The Morgan fingerprint density at radius 2 is 1.94 bits per heavy atom. The number of nitrogens with one attached hydrogen (secondary N) is 1. The smallest absolute Gasteiger partial charge is 0.0487 e. The number of anilines is 1. The first-order valence-electron chi connectivity index (χ1n) is 5.65. The van der Waals surface area contributed by atoms with Crippen molar-refractivity contribution < 1.29 is 0 Å². The predicted molar refractivity (Wildman–Crippen MR) is 75.3 cm³/mol. The molecule has 1 heterocycles. The van der Waals surface area contributed by atoms with Crippen molar-refractivity contribution in [3.05, 3.63) is 58.3 Å². The van der Waals surface area contributed by atoms with Crippen molar-refractivity contribution in [3.8, 4) is 0 Å². The number of hydrogen-bond acceptors (Lipinski definition) is 2. The van der Waals surface area contributed by atoms with Gasteiger partial charge in [-0.05, 0) is 58.6 Å². The molecule has 1 aromatic carbocycles. The number of halogens is 1. The fourth-order valence-electron chi connectivity index (χ4n) is 1.67. The summed E-state index contributed by atoms with van der Waals surface area (Å²) in [6, 6.07) is 10.3. The number of pyridine rings is 1. The van der Waals surface area contributed by atoms with Crippen molar-refractivity contribution in [2.75, 3.05) is 11.9 Å². The molecule has 0 saturated carbocycles. The molecule has 1 aromatic heterocycles. The Kier molecular flexibility index (Phi) is 4.15. The standard InChI is InChI=1S/C14H15BrN2/c1-11-3-2-4-13(14(11)15)17-10-7-12-5-8-16-9-6-12/h2-6,8-9,17H,7,10H2,1H3. The fourth-order valence-corrected chi connectivity index (χ4v) is 2.08. The van der Waals surface area contributed by atoms with E-state index < -0.39 is 0 Å². The molecule has 0 saturated heterocycles. The van der Waals surface area contributed by atoms with E-state index in [0.29, 0.717) is 0 Å². The molecule has 1 N–H and O–H groups in total. The highest BCUT2D eigenvalue weighted by Crippen LogP contribution is 2.25. The van der Waals surface area contributed by atoms with Crippen molar-refractivity contribution in [2.24, 2.45) is 0 Å². The van der Waals surface area contributed by atoms with Gasteiger partial charge in [-0.15, -0.1) is 0 Å². The van der Waals surface area contributed by atoms with Crippen LogP contribution in [0.15, 0.2) is 47.2 Å². The second-order valence-corrected chi connectivity index (χ2v) is 4.76. The minimum Gasteiger partial charge on any atom is -0.384 e. The molecular formula is C14H15BrN2. The summed E-state index contributed by atoms with van der Waals surface area (Å²) >= 11 is 3.59. The first-order chi connectivity index (χ1) is 8.27. The van der Waals surface area contributed by atoms with Gasteiger partial charge in [0.05, 0.1) is 0 Å². The lowest BCUT2D eigenvalue weighted by molar-refractivity contribution is 1.01. The fraction of sp³-hybridized carbons (Fsp3) is 0.214. The van der Waals surface area contributed by atoms with E-state index in [0.717, 1.165) is 23.1 Å². The first kappa shape index (κ1) is 12.1. The molecule has 2 nitrogen and oxygen atoms in total. The molecular weight excluding hydrogens is 276 g/mol. The van der Waals surface area contributed by atoms with Crippen molar-refractivity contribution >= 4 is 21.6 Å². The molecule has 3 heteroatoms. The first-order valence-corrected chi connectivity index (χ1v) is 6.44. The van der Waals surface area contributed by atoms with Gasteiger partial charge in [0, 0.05) is 29.1 Å². The molecule has 0 fully saturated rings. The molecule has 0 bridgehead atoms. The second-order valence-electron chi connectivity index (χ2n) is 3.97. The van der Waals surface area contributed by atoms with Gasteiger partial charge in [0.25, 0.3) is 0 Å². The topological polar surface area (TPSA) is 24.9 Å². The average molecular weight is 291 g/mol. The third kappa shape index (κ3) is 3.30. The summed E-state index contributed by atoms with van der Waals surface area (Å²) in [6.45, 7) is 3.02. The number of benzene rings is 1. The van der Waals surface area contributed by atoms with E-state index in [2.05, 4.69) is 51.4 Å². The van der Waals surface area contributed by atoms with Crippen LogP contribution in [0.3, 0.4) is 0 Å². The minimum absolute atomic E-state index is 0.923. The molecule has 0 amide bonds. The van der Waals surface area contributed by atoms with Gasteiger partial charge < -0.3 is 5.32 Å². The number of hydrogen-bond donors (Lipinski definition) is 1. The highest BCUT2D eigenvalue weighted by atomic mass is 79.9. The zero-order valence-electron chi connectivity index (χ0n) is 9.78. The highest BCUT2D eigenvalue weighted by molar-refractivity contribution is 9.10. The second kappa shape index (κ2) is 5.82. The Morgan fingerprint density at radius 3 is 2.71 bits per heavy atom. The van der Waals surface area contributed by atoms with Crippen LogP contribution in [-0.2, 0) is 6.42 Å². The van der Waals surface area contributed by atoms with E-state index >= 15 is 0 Å². The van der Waals surface area contributed by atoms with Crippen LogP contribution < -0.4 is 5.32 Å². The number of nitrogens with zero attached hydrogens (tertiary/aromatic N) is 1. The highest BCUT2D eigenvalue weighted by Gasteiger charge is 2.01. The Hall–Kier alpha value is -1.35. The summed E-state index contributed by atoms with van der Waals surface area (Å²) in [5.41, 5.74) is 3.70. The van der Waals surface area contributed by atoms with Crippen LogP contribution in [-0.4, -0.2) is 11.5 Å². The third-order valence-corrected chi connectivity index (χ3v) is 3.72. The van der Waals surface area contributed by atoms with E-state index in [1.54, 1.807) is 0 Å². The van der Waals surface area contributed by atoms with Crippen LogP contribution in [0.25, 0.3) is 0 Å². The van der Waals surface area contributed by atoms with E-state index in [9.17, 15) is 0 Å². The summed E-state index contributed by atoms with van der Waals surface area (Å²) in [6.07, 6.45) is 4.67. The quantitative estimate of drug-likeness (QED) is 0.926. The van der Waals surface area contributed by atoms with Gasteiger partial charge in [-0.1, -0.05) is 12.1 Å². The Bertz CT molecular complexity index is 483. The molecule has 0 aliphatic carbocycles. The summed E-state index contributed by atoms with van der Waals surface area (Å²) in [5.74, 6) is 0. The molecule has 0 aliphatic heterocycles. The summed E-state index contributed by atoms with van der Waals surface area (Å²) in [7, 11) is 0. The Labute approximate surface area is 110 Å². The Morgan fingerprint density at radius 1 is 1.18 bits per heavy atom. The van der Waals surface area contributed by atoms with Crippen LogP contribution in [0.5, 0.6) is 0 Å². The monoisotopic (exact) mass is 290 g/mol. The zero-order chi connectivity index (χ0) is 12.1. The van der Waals surface area contributed by atoms with Gasteiger partial charge >= 0.3 is 0 Å². The number of aryl methyl sites for hydroxylation is 1. The lowest BCUT2D eigenvalue weighted by atomic mass is 10.2. The maximum atomic E-state index is 4.01. The van der Waals surface area contributed by atoms with Crippen molar-refractivity contribution in [2.45, 2.75) is 13.3 Å². The van der Waals surface area contributed by atoms with Crippen molar-refractivity contribution in [1.82, 2.24) is 4.98 Å². The minimum atomic E-state index is 0.923. The van der Waals surface area contributed by atoms with E-state index in [4.69, 9.17) is 0 Å². The lowest BCUT2D eigenvalue weighted by Crippen LogP contribution is -2.05. The van der Waals surface area contributed by atoms with Crippen molar-refractivity contribution in [1.29, 1.82) is 0 Å². The van der Waals surface area contributed by atoms with Gasteiger partial charge in [0.1, 0.15) is 0 Å². The zero-order valence-corrected chi connectivity index (χ0v) is 11.4. The normalized spacial score (nSPS) is 10.2. The average Bonchev–Trinajstić information content (AvgIpc) is 2.36. The largest absolute Gasteiger partial charge is 0.384 e. The predicted octanol–water partition coefficient (Wildman–Crippen LogP) is 3.81. The van der Waals surface area contributed by atoms with Gasteiger partial charge in [0.15, 0.2) is 0 Å². The molecule has 0 aliphatic rings. The summed E-state index contributed by atoms with van der Waals surface area (Å²) < 4.78 is 1.15. The van der Waals surface area contributed by atoms with Crippen LogP contribution >= 0.6 is 15.9 Å². The van der Waals surface area contributed by atoms with Gasteiger partial charge in [-0.3, -0.25) is 4.98 Å². The molecule has 2 rings (SSSR count). The van der Waals surface area contributed by atoms with E-state index in [1.165, 1.54) is 11.1 Å². The SMILES string of the molecule is Cc1cccc(NCCc2ccncc2)c1Br. The lowest BCUT2D eigenvalue weighted by Gasteiger charge is -2.10. The maximum Gasteiger partial charge on any atom is 0.0487 e. The van der Waals surface area contributed by atoms with Gasteiger partial charge in [-0.2, -0.15) is 0 Å². The van der Waals surface area contributed by atoms with E-state index in [-0.39, 0.29) is 0 Å². The number of aromatic nitrogens is 1. The summed E-state index contributed by atoms with van der Waals surface area (Å²) in [5, 5.41) is 3.43. The molecule has 17 heavy (non-hydrogen) atoms. The summed E-state index contributed by atoms with van der Waals surface area (Å²) in [4.78, 5) is 4.01. The van der Waals surface area contributed by atoms with E-state index in [1.807, 2.05) is 24.5 Å². The van der Waals surface area contributed by atoms with Crippen LogP contribution in [0.4, 0.5) is 5.69 Å². The molecule has 2 aromatic rings. The van der Waals surface area contributed by atoms with Crippen LogP contribution in [0.1, 0.15) is 11.1 Å². The Balaban J connectivity index is 1.93. The maximum absolute atomic E-state index is 4.01. The van der Waals surface area contributed by atoms with Crippen LogP contribution in [0, 0.1) is 6.92 Å². The molecule has 0 unspecified atom stereocenters. The molecule has 88 valence electrons.